The molecule has 2 aliphatic carbocycles. The van der Waals surface area contributed by atoms with Crippen molar-refractivity contribution >= 4 is 46.7 Å². The number of amides is 3. The number of ketones is 1. The number of carbonyl (C=O) groups is 4. The monoisotopic (exact) mass is 482 g/mol. The summed E-state index contributed by atoms with van der Waals surface area (Å²) in [5.41, 5.74) is 0.494. The van der Waals surface area contributed by atoms with E-state index in [2.05, 4.69) is 0 Å². The number of hydrogen-bond donors (Lipinski definition) is 0. The number of hydrazine groups is 1. The largest absolute Gasteiger partial charge is 0.292 e. The molecule has 0 aromatic heterocycles. The molecule has 33 heavy (non-hydrogen) atoms. The topological polar surface area (TPSA) is 74.8 Å². The molecule has 6 nitrogen and oxygen atoms in total. The predicted molar refractivity (Wildman–Crippen MR) is 122 cm³/mol. The third-order valence-corrected chi connectivity index (χ3v) is 7.58. The predicted octanol–water partition coefficient (Wildman–Crippen LogP) is 4.43. The maximum absolute atomic E-state index is 13.7. The van der Waals surface area contributed by atoms with Gasteiger partial charge in [-0.05, 0) is 43.4 Å². The highest BCUT2D eigenvalue weighted by Gasteiger charge is 2.61. The maximum atomic E-state index is 13.7. The van der Waals surface area contributed by atoms with Crippen molar-refractivity contribution in [2.75, 3.05) is 0 Å². The fraction of sp³-hybridized carbons (Fsp3) is 0.280. The van der Waals surface area contributed by atoms with Crippen molar-refractivity contribution in [3.05, 3.63) is 81.9 Å². The number of halogens is 2. The van der Waals surface area contributed by atoms with Gasteiger partial charge in [-0.2, -0.15) is 5.01 Å². The highest BCUT2D eigenvalue weighted by atomic mass is 35.5. The van der Waals surface area contributed by atoms with Crippen LogP contribution in [0.1, 0.15) is 34.1 Å². The molecular weight excluding hydrogens is 463 g/mol. The van der Waals surface area contributed by atoms with E-state index in [1.807, 2.05) is 12.2 Å². The Bertz CT molecular complexity index is 1180. The molecule has 0 N–H and O–H groups in total. The van der Waals surface area contributed by atoms with Crippen molar-refractivity contribution in [3.63, 3.8) is 0 Å². The number of hydrogen-bond acceptors (Lipinski definition) is 4. The van der Waals surface area contributed by atoms with Crippen LogP contribution in [0.2, 0.25) is 10.0 Å². The minimum absolute atomic E-state index is 0.0245. The minimum atomic E-state index is -1.10. The number of nitrogens with zero attached hydrogens (tertiary/aromatic N) is 2. The normalized spacial score (nSPS) is 26.0. The first-order chi connectivity index (χ1) is 15.8. The molecular formula is C25H20Cl2N2O4. The lowest BCUT2D eigenvalue weighted by molar-refractivity contribution is -0.157. The Hall–Kier alpha value is -2.96. The molecule has 1 saturated heterocycles. The number of carbonyl (C=O) groups excluding carboxylic acids is 4. The Balaban J connectivity index is 1.56. The highest BCUT2D eigenvalue weighted by Crippen LogP contribution is 2.53. The molecule has 1 aliphatic heterocycles. The summed E-state index contributed by atoms with van der Waals surface area (Å²) in [6, 6.07) is 11.7. The molecule has 5 atom stereocenters. The fourth-order valence-electron chi connectivity index (χ4n) is 5.25. The van der Waals surface area contributed by atoms with E-state index in [9.17, 15) is 19.2 Å². The molecule has 2 fully saturated rings. The van der Waals surface area contributed by atoms with E-state index in [-0.39, 0.29) is 33.2 Å². The van der Waals surface area contributed by atoms with Gasteiger partial charge in [-0.25, -0.2) is 5.01 Å². The van der Waals surface area contributed by atoms with Crippen molar-refractivity contribution in [2.45, 2.75) is 19.4 Å². The number of fused-ring (bicyclic) bond motifs is 5. The summed E-state index contributed by atoms with van der Waals surface area (Å²) in [5, 5.41) is 2.32. The number of benzene rings is 2. The van der Waals surface area contributed by atoms with E-state index in [4.69, 9.17) is 23.2 Å². The lowest BCUT2D eigenvalue weighted by atomic mass is 9.85. The summed E-state index contributed by atoms with van der Waals surface area (Å²) >= 11 is 12.1. The second-order valence-electron chi connectivity index (χ2n) is 8.67. The second-order valence-corrected chi connectivity index (χ2v) is 9.49. The van der Waals surface area contributed by atoms with E-state index < -0.39 is 35.6 Å². The van der Waals surface area contributed by atoms with Gasteiger partial charge in [-0.1, -0.05) is 65.7 Å². The van der Waals surface area contributed by atoms with Gasteiger partial charge in [0.25, 0.3) is 17.7 Å². The number of Topliss-reactive ketones (excluding diaryl/α,β-unsaturated/α-hetero) is 1. The van der Waals surface area contributed by atoms with Crippen LogP contribution in [-0.2, 0) is 9.59 Å². The van der Waals surface area contributed by atoms with Crippen LogP contribution in [-0.4, -0.2) is 39.6 Å². The highest BCUT2D eigenvalue weighted by molar-refractivity contribution is 6.42. The van der Waals surface area contributed by atoms with Crippen molar-refractivity contribution < 1.29 is 19.2 Å². The summed E-state index contributed by atoms with van der Waals surface area (Å²) in [6.07, 6.45) is 4.72. The zero-order valence-electron chi connectivity index (χ0n) is 17.7. The molecule has 2 aromatic rings. The zero-order chi connectivity index (χ0) is 23.4. The van der Waals surface area contributed by atoms with Crippen molar-refractivity contribution in [1.82, 2.24) is 10.0 Å². The van der Waals surface area contributed by atoms with Crippen LogP contribution in [0.3, 0.4) is 0 Å². The summed E-state index contributed by atoms with van der Waals surface area (Å²) in [4.78, 5) is 53.9. The lowest BCUT2D eigenvalue weighted by Crippen LogP contribution is -2.56. The van der Waals surface area contributed by atoms with Gasteiger partial charge in [0.05, 0.1) is 21.9 Å². The zero-order valence-corrected chi connectivity index (χ0v) is 19.2. The summed E-state index contributed by atoms with van der Waals surface area (Å²) in [6.45, 7) is 1.52. The van der Waals surface area contributed by atoms with Gasteiger partial charge >= 0.3 is 0 Å². The maximum Gasteiger partial charge on any atom is 0.273 e. The first kappa shape index (κ1) is 21.9. The van der Waals surface area contributed by atoms with Crippen molar-refractivity contribution in [1.29, 1.82) is 0 Å². The van der Waals surface area contributed by atoms with Gasteiger partial charge in [0.15, 0.2) is 5.78 Å². The SMILES string of the molecule is C[C@H](C(=O)c1ccccc1)N(C(=O)c1ccc(Cl)c(Cl)c1)N1C(=O)[C@@H]2[C@H](C1=O)[C@H]1C=C[C@H]2C1. The lowest BCUT2D eigenvalue weighted by Gasteiger charge is -2.35. The fourth-order valence-corrected chi connectivity index (χ4v) is 5.55. The van der Waals surface area contributed by atoms with E-state index in [1.165, 1.54) is 25.1 Å². The average molecular weight is 483 g/mol. The Morgan fingerprint density at radius 1 is 0.909 bits per heavy atom. The van der Waals surface area contributed by atoms with Gasteiger partial charge < -0.3 is 0 Å². The van der Waals surface area contributed by atoms with Crippen LogP contribution < -0.4 is 0 Å². The van der Waals surface area contributed by atoms with E-state index in [1.54, 1.807) is 30.3 Å². The Morgan fingerprint density at radius 3 is 2.09 bits per heavy atom. The summed E-state index contributed by atoms with van der Waals surface area (Å²) < 4.78 is 0. The molecule has 1 saturated carbocycles. The minimum Gasteiger partial charge on any atom is -0.292 e. The first-order valence-corrected chi connectivity index (χ1v) is 11.5. The standard InChI is InChI=1S/C25H20Cl2N2O4/c1-13(22(30)14-5-3-2-4-6-14)28(23(31)17-9-10-18(26)19(27)12-17)29-24(32)20-15-7-8-16(11-15)21(20)25(29)33/h2-10,12-13,15-16,20-21H,11H2,1H3/t13-,15+,16+,20-,21+/m1/s1. The van der Waals surface area contributed by atoms with Gasteiger partial charge in [0.2, 0.25) is 0 Å². The molecule has 3 aliphatic rings. The Labute approximate surface area is 200 Å². The molecule has 3 amide bonds. The van der Waals surface area contributed by atoms with Crippen LogP contribution >= 0.6 is 23.2 Å². The molecule has 0 spiro atoms. The van der Waals surface area contributed by atoms with Gasteiger partial charge in [-0.3, -0.25) is 19.2 Å². The number of imide groups is 1. The number of allylic oxidation sites excluding steroid dienone is 2. The van der Waals surface area contributed by atoms with Crippen LogP contribution in [0.5, 0.6) is 0 Å². The number of rotatable bonds is 5. The third-order valence-electron chi connectivity index (χ3n) is 6.84. The smallest absolute Gasteiger partial charge is 0.273 e. The average Bonchev–Trinajstić information content (AvgIpc) is 3.51. The van der Waals surface area contributed by atoms with Crippen LogP contribution in [0.15, 0.2) is 60.7 Å². The quantitative estimate of drug-likeness (QED) is 0.358. The molecule has 0 radical (unpaired) electrons. The third kappa shape index (κ3) is 3.40. The van der Waals surface area contributed by atoms with Crippen LogP contribution in [0.4, 0.5) is 0 Å². The molecule has 2 aromatic carbocycles. The molecule has 8 heteroatoms. The van der Waals surface area contributed by atoms with E-state index >= 15 is 0 Å². The van der Waals surface area contributed by atoms with E-state index in [0.717, 1.165) is 16.4 Å². The second kappa shape index (κ2) is 8.12. The molecule has 0 unspecified atom stereocenters. The van der Waals surface area contributed by atoms with Gasteiger partial charge in [-0.15, -0.1) is 0 Å². The van der Waals surface area contributed by atoms with Gasteiger partial charge in [0, 0.05) is 11.1 Å². The summed E-state index contributed by atoms with van der Waals surface area (Å²) in [5.74, 6) is -3.00. The van der Waals surface area contributed by atoms with E-state index in [0.29, 0.717) is 5.56 Å². The van der Waals surface area contributed by atoms with Gasteiger partial charge in [0.1, 0.15) is 6.04 Å². The Kier molecular flexibility index (Phi) is 5.38. The van der Waals surface area contributed by atoms with Crippen LogP contribution in [0, 0.1) is 23.7 Å². The van der Waals surface area contributed by atoms with Crippen molar-refractivity contribution in [3.8, 4) is 0 Å². The molecule has 1 heterocycles. The van der Waals surface area contributed by atoms with Crippen molar-refractivity contribution in [2.24, 2.45) is 23.7 Å². The Morgan fingerprint density at radius 2 is 1.52 bits per heavy atom. The van der Waals surface area contributed by atoms with Crippen LogP contribution in [0.25, 0.3) is 0 Å². The summed E-state index contributed by atoms with van der Waals surface area (Å²) in [7, 11) is 0. The molecule has 2 bridgehead atoms. The molecule has 168 valence electrons. The first-order valence-electron chi connectivity index (χ1n) is 10.7. The molecule has 5 rings (SSSR count).